The van der Waals surface area contributed by atoms with Gasteiger partial charge in [0.25, 0.3) is 5.96 Å². The Morgan fingerprint density at radius 3 is 2.48 bits per heavy atom. The molecule has 0 aliphatic carbocycles. The smallest absolute Gasteiger partial charge is 0.426 e. The van der Waals surface area contributed by atoms with Crippen LogP contribution in [0, 0.1) is 21.4 Å². The Hall–Kier alpha value is -2.93. The normalized spacial score (nSPS) is 12.7. The number of guanidine groups is 1. The standard InChI is InChI=1S/C16H29BN6O6/c1-4-5-8-14(24)20-12(7-6-9-19-16(18)22-23(28)29)15(25)21-13(17(26)27)10-11(2)3/h4-5,8,11-13,26-27H,1,6-7,9-10H2,2-3H3,(H,20,24)(H,21,25)(H3,18,19,22)/b8-5+/t12-,13-/m0/s1. The number of amides is 2. The summed E-state index contributed by atoms with van der Waals surface area (Å²) in [4.78, 5) is 34.7. The van der Waals surface area contributed by atoms with Gasteiger partial charge >= 0.3 is 7.12 Å². The van der Waals surface area contributed by atoms with Gasteiger partial charge in [-0.1, -0.05) is 38.0 Å². The highest BCUT2D eigenvalue weighted by atomic mass is 16.7. The molecule has 2 atom stereocenters. The van der Waals surface area contributed by atoms with Crippen molar-refractivity contribution in [2.24, 2.45) is 5.92 Å². The molecule has 0 unspecified atom stereocenters. The molecule has 0 spiro atoms. The molecule has 0 rings (SSSR count). The second kappa shape index (κ2) is 14.1. The highest BCUT2D eigenvalue weighted by Crippen LogP contribution is 2.07. The molecule has 29 heavy (non-hydrogen) atoms. The summed E-state index contributed by atoms with van der Waals surface area (Å²) in [6.07, 6.45) is 4.75. The summed E-state index contributed by atoms with van der Waals surface area (Å²) >= 11 is 0. The number of nitro groups is 1. The first-order valence-corrected chi connectivity index (χ1v) is 9.06. The van der Waals surface area contributed by atoms with Crippen molar-refractivity contribution >= 4 is 24.9 Å². The number of carbonyl (C=O) groups excluding carboxylic acids is 2. The molecule has 162 valence electrons. The van der Waals surface area contributed by atoms with Crippen LogP contribution < -0.4 is 21.4 Å². The van der Waals surface area contributed by atoms with Crippen molar-refractivity contribution in [2.75, 3.05) is 6.54 Å². The summed E-state index contributed by atoms with van der Waals surface area (Å²) in [6.45, 7) is 7.31. The van der Waals surface area contributed by atoms with E-state index in [0.717, 1.165) is 0 Å². The van der Waals surface area contributed by atoms with E-state index in [1.165, 1.54) is 18.2 Å². The largest absolute Gasteiger partial charge is 0.475 e. The van der Waals surface area contributed by atoms with Crippen LogP contribution in [0.1, 0.15) is 33.1 Å². The topological polar surface area (TPSA) is 190 Å². The number of rotatable bonds is 13. The molecule has 2 amide bonds. The van der Waals surface area contributed by atoms with Crippen molar-refractivity contribution in [3.63, 3.8) is 0 Å². The molecular formula is C16H29BN6O6. The van der Waals surface area contributed by atoms with Gasteiger partial charge in [0.05, 0.1) is 5.94 Å². The molecule has 0 fully saturated rings. The number of allylic oxidation sites excluding steroid dienone is 2. The minimum absolute atomic E-state index is 0.0926. The van der Waals surface area contributed by atoms with Crippen LogP contribution in [-0.2, 0) is 9.59 Å². The molecular weight excluding hydrogens is 383 g/mol. The van der Waals surface area contributed by atoms with Crippen LogP contribution >= 0.6 is 0 Å². The van der Waals surface area contributed by atoms with Crippen molar-refractivity contribution in [3.05, 3.63) is 34.9 Å². The quantitative estimate of drug-likeness (QED) is 0.0288. The van der Waals surface area contributed by atoms with Gasteiger partial charge in [0, 0.05) is 12.6 Å². The van der Waals surface area contributed by atoms with Crippen molar-refractivity contribution in [2.45, 2.75) is 45.1 Å². The zero-order chi connectivity index (χ0) is 22.4. The molecule has 0 aliphatic heterocycles. The van der Waals surface area contributed by atoms with Crippen LogP contribution in [-0.4, -0.2) is 58.5 Å². The number of nitrogens with one attached hydrogen (secondary N) is 5. The summed E-state index contributed by atoms with van der Waals surface area (Å²) in [6, 6.07) is -0.982. The van der Waals surface area contributed by atoms with Gasteiger partial charge in [-0.05, 0) is 25.2 Å². The van der Waals surface area contributed by atoms with Crippen LogP contribution in [0.3, 0.4) is 0 Å². The lowest BCUT2D eigenvalue weighted by atomic mass is 9.75. The third-order valence-electron chi connectivity index (χ3n) is 3.60. The maximum atomic E-state index is 12.6. The van der Waals surface area contributed by atoms with Gasteiger partial charge in [-0.2, -0.15) is 0 Å². The highest BCUT2D eigenvalue weighted by Gasteiger charge is 2.29. The van der Waals surface area contributed by atoms with E-state index in [4.69, 9.17) is 5.41 Å². The summed E-state index contributed by atoms with van der Waals surface area (Å²) in [5.41, 5.74) is 1.64. The summed E-state index contributed by atoms with van der Waals surface area (Å²) < 4.78 is 0. The van der Waals surface area contributed by atoms with Crippen LogP contribution in [0.4, 0.5) is 0 Å². The van der Waals surface area contributed by atoms with E-state index in [1.807, 2.05) is 13.8 Å². The molecule has 0 aromatic heterocycles. The van der Waals surface area contributed by atoms with Crippen LogP contribution in [0.5, 0.6) is 0 Å². The molecule has 0 aliphatic rings. The Bertz CT molecular complexity index is 613. The Kier molecular flexibility index (Phi) is 12.7. The van der Waals surface area contributed by atoms with E-state index >= 15 is 0 Å². The van der Waals surface area contributed by atoms with E-state index in [9.17, 15) is 29.8 Å². The lowest BCUT2D eigenvalue weighted by molar-refractivity contribution is -0.525. The maximum Gasteiger partial charge on any atom is 0.475 e. The molecule has 13 heteroatoms. The molecule has 0 radical (unpaired) electrons. The van der Waals surface area contributed by atoms with Crippen molar-refractivity contribution in [3.8, 4) is 0 Å². The third-order valence-corrected chi connectivity index (χ3v) is 3.60. The fourth-order valence-corrected chi connectivity index (χ4v) is 2.34. The zero-order valence-corrected chi connectivity index (χ0v) is 16.6. The maximum absolute atomic E-state index is 12.6. The van der Waals surface area contributed by atoms with Crippen LogP contribution in [0.15, 0.2) is 24.8 Å². The van der Waals surface area contributed by atoms with E-state index in [0.29, 0.717) is 12.8 Å². The second-order valence-electron chi connectivity index (χ2n) is 6.63. The van der Waals surface area contributed by atoms with Crippen molar-refractivity contribution in [1.29, 1.82) is 5.41 Å². The van der Waals surface area contributed by atoms with Gasteiger partial charge in [-0.25, -0.2) is 10.1 Å². The molecule has 7 N–H and O–H groups in total. The van der Waals surface area contributed by atoms with Crippen LogP contribution in [0.2, 0.25) is 0 Å². The van der Waals surface area contributed by atoms with Gasteiger partial charge in [0.2, 0.25) is 11.8 Å². The molecule has 0 aromatic carbocycles. The molecule has 0 aromatic rings. The number of hydrogen-bond acceptors (Lipinski definition) is 7. The van der Waals surface area contributed by atoms with E-state index in [1.54, 1.807) is 5.43 Å². The number of hydrazine groups is 1. The van der Waals surface area contributed by atoms with Crippen molar-refractivity contribution < 1.29 is 24.7 Å². The fourth-order valence-electron chi connectivity index (χ4n) is 2.34. The second-order valence-corrected chi connectivity index (χ2v) is 6.63. The van der Waals surface area contributed by atoms with Gasteiger partial charge in [-0.3, -0.25) is 15.0 Å². The minimum atomic E-state index is -1.76. The predicted octanol–water partition coefficient (Wildman–Crippen LogP) is -1.16. The predicted molar refractivity (Wildman–Crippen MR) is 108 cm³/mol. The molecule has 0 saturated heterocycles. The fraction of sp³-hybridized carbons (Fsp3) is 0.562. The van der Waals surface area contributed by atoms with Crippen molar-refractivity contribution in [1.82, 2.24) is 21.4 Å². The third kappa shape index (κ3) is 13.0. The van der Waals surface area contributed by atoms with E-state index in [2.05, 4.69) is 22.5 Å². The molecule has 0 saturated carbocycles. The first kappa shape index (κ1) is 26.1. The van der Waals surface area contributed by atoms with Crippen LogP contribution in [0.25, 0.3) is 0 Å². The Morgan fingerprint density at radius 1 is 1.31 bits per heavy atom. The summed E-state index contributed by atoms with van der Waals surface area (Å²) in [5.74, 6) is -2.45. The zero-order valence-electron chi connectivity index (χ0n) is 16.6. The Morgan fingerprint density at radius 2 is 1.97 bits per heavy atom. The highest BCUT2D eigenvalue weighted by molar-refractivity contribution is 6.43. The first-order valence-electron chi connectivity index (χ1n) is 9.06. The van der Waals surface area contributed by atoms with E-state index in [-0.39, 0.29) is 18.9 Å². The number of nitrogens with zero attached hydrogens (tertiary/aromatic N) is 1. The lowest BCUT2D eigenvalue weighted by Crippen LogP contribution is -2.54. The number of hydrogen-bond donors (Lipinski definition) is 7. The van der Waals surface area contributed by atoms with Gasteiger partial charge in [-0.15, -0.1) is 0 Å². The SMILES string of the molecule is C=C/C=C/C(=O)N[C@@H](CCCNC(=N)N[N+](=O)[O-])C(=O)N[C@@H](CC(C)C)B(O)O. The van der Waals surface area contributed by atoms with Gasteiger partial charge in [0.15, 0.2) is 5.03 Å². The molecule has 0 bridgehead atoms. The Balaban J connectivity index is 4.93. The number of carbonyl (C=O) groups is 2. The minimum Gasteiger partial charge on any atom is -0.426 e. The Labute approximate surface area is 169 Å². The molecule has 0 heterocycles. The summed E-state index contributed by atoms with van der Waals surface area (Å²) in [7, 11) is -1.76. The first-order chi connectivity index (χ1) is 13.6. The van der Waals surface area contributed by atoms with Gasteiger partial charge in [0.1, 0.15) is 6.04 Å². The average molecular weight is 412 g/mol. The van der Waals surface area contributed by atoms with E-state index < -0.39 is 41.9 Å². The average Bonchev–Trinajstić information content (AvgIpc) is 2.60. The lowest BCUT2D eigenvalue weighted by Gasteiger charge is -2.24. The summed E-state index contributed by atoms with van der Waals surface area (Å²) in [5, 5.41) is 43.1. The monoisotopic (exact) mass is 412 g/mol. The molecule has 12 nitrogen and oxygen atoms in total. The van der Waals surface area contributed by atoms with Gasteiger partial charge < -0.3 is 26.0 Å².